The van der Waals surface area contributed by atoms with Crippen molar-refractivity contribution >= 4 is 35.0 Å². The molecule has 0 radical (unpaired) electrons. The van der Waals surface area contributed by atoms with Crippen LogP contribution in [-0.4, -0.2) is 0 Å². The van der Waals surface area contributed by atoms with Gasteiger partial charge in [0.1, 0.15) is 0 Å². The van der Waals surface area contributed by atoms with E-state index in [1.54, 1.807) is 11.8 Å². The number of hydrogen-bond acceptors (Lipinski definition) is 2. The SMILES string of the molecule is CC(N)c1ccc(Sc2ccc(Cl)cc2)c(Cl)c1. The first kappa shape index (κ1) is 13.8. The second-order valence-corrected chi connectivity index (χ2v) is 5.99. The van der Waals surface area contributed by atoms with Gasteiger partial charge in [0.2, 0.25) is 0 Å². The van der Waals surface area contributed by atoms with Crippen LogP contribution in [0.3, 0.4) is 0 Å². The Morgan fingerprint density at radius 2 is 1.72 bits per heavy atom. The zero-order valence-corrected chi connectivity index (χ0v) is 12.2. The van der Waals surface area contributed by atoms with E-state index in [1.165, 1.54) is 0 Å². The van der Waals surface area contributed by atoms with E-state index in [2.05, 4.69) is 0 Å². The molecule has 2 aromatic rings. The summed E-state index contributed by atoms with van der Waals surface area (Å²) in [4.78, 5) is 2.12. The summed E-state index contributed by atoms with van der Waals surface area (Å²) in [5.41, 5.74) is 6.86. The van der Waals surface area contributed by atoms with Crippen molar-refractivity contribution in [2.75, 3.05) is 0 Å². The maximum Gasteiger partial charge on any atom is 0.0548 e. The molecule has 1 atom stereocenters. The highest BCUT2D eigenvalue weighted by atomic mass is 35.5. The molecule has 2 rings (SSSR count). The summed E-state index contributed by atoms with van der Waals surface area (Å²) >= 11 is 13.7. The molecular formula is C14H13Cl2NS. The van der Waals surface area contributed by atoms with Crippen LogP contribution < -0.4 is 5.73 Å². The Morgan fingerprint density at radius 3 is 2.28 bits per heavy atom. The van der Waals surface area contributed by atoms with Gasteiger partial charge in [-0.2, -0.15) is 0 Å². The summed E-state index contributed by atoms with van der Waals surface area (Å²) in [5, 5.41) is 1.46. The zero-order chi connectivity index (χ0) is 13.1. The third-order valence-electron chi connectivity index (χ3n) is 2.52. The summed E-state index contributed by atoms with van der Waals surface area (Å²) in [5.74, 6) is 0. The van der Waals surface area contributed by atoms with Crippen LogP contribution in [0.25, 0.3) is 0 Å². The van der Waals surface area contributed by atoms with Crippen LogP contribution in [-0.2, 0) is 0 Å². The monoisotopic (exact) mass is 297 g/mol. The molecule has 0 heterocycles. The van der Waals surface area contributed by atoms with Gasteiger partial charge in [0.25, 0.3) is 0 Å². The Balaban J connectivity index is 2.22. The molecule has 1 unspecified atom stereocenters. The lowest BCUT2D eigenvalue weighted by molar-refractivity contribution is 0.817. The van der Waals surface area contributed by atoms with Crippen LogP contribution in [0.2, 0.25) is 10.0 Å². The summed E-state index contributed by atoms with van der Waals surface area (Å²) < 4.78 is 0. The number of nitrogens with two attached hydrogens (primary N) is 1. The van der Waals surface area contributed by atoms with Gasteiger partial charge in [0.05, 0.1) is 5.02 Å². The van der Waals surface area contributed by atoms with Crippen molar-refractivity contribution in [3.8, 4) is 0 Å². The van der Waals surface area contributed by atoms with Gasteiger partial charge < -0.3 is 5.73 Å². The van der Waals surface area contributed by atoms with Crippen molar-refractivity contribution in [3.05, 3.63) is 58.1 Å². The molecule has 0 aromatic heterocycles. The van der Waals surface area contributed by atoms with Crippen molar-refractivity contribution in [2.45, 2.75) is 22.8 Å². The van der Waals surface area contributed by atoms with Gasteiger partial charge in [-0.1, -0.05) is 41.0 Å². The predicted molar refractivity (Wildman–Crippen MR) is 79.6 cm³/mol. The molecule has 18 heavy (non-hydrogen) atoms. The van der Waals surface area contributed by atoms with Gasteiger partial charge in [0, 0.05) is 20.9 Å². The molecule has 0 bridgehead atoms. The van der Waals surface area contributed by atoms with E-state index >= 15 is 0 Å². The summed E-state index contributed by atoms with van der Waals surface area (Å²) in [6.07, 6.45) is 0. The number of halogens is 2. The molecular weight excluding hydrogens is 285 g/mol. The van der Waals surface area contributed by atoms with Crippen LogP contribution in [0, 0.1) is 0 Å². The van der Waals surface area contributed by atoms with E-state index in [-0.39, 0.29) is 6.04 Å². The third-order valence-corrected chi connectivity index (χ3v) is 4.28. The van der Waals surface area contributed by atoms with Crippen molar-refractivity contribution in [1.82, 2.24) is 0 Å². The minimum Gasteiger partial charge on any atom is -0.324 e. The van der Waals surface area contributed by atoms with E-state index in [4.69, 9.17) is 28.9 Å². The Morgan fingerprint density at radius 1 is 1.06 bits per heavy atom. The number of benzene rings is 2. The first-order valence-corrected chi connectivity index (χ1v) is 7.12. The quantitative estimate of drug-likeness (QED) is 0.846. The van der Waals surface area contributed by atoms with Gasteiger partial charge in [-0.25, -0.2) is 0 Å². The van der Waals surface area contributed by atoms with E-state index in [1.807, 2.05) is 49.4 Å². The molecule has 1 nitrogen and oxygen atoms in total. The molecule has 0 saturated heterocycles. The predicted octanol–water partition coefficient (Wildman–Crippen LogP) is 5.16. The maximum absolute atomic E-state index is 6.25. The molecule has 0 amide bonds. The van der Waals surface area contributed by atoms with Gasteiger partial charge in [-0.15, -0.1) is 0 Å². The Kier molecular flexibility index (Phi) is 4.57. The van der Waals surface area contributed by atoms with E-state index in [0.717, 1.165) is 25.4 Å². The molecule has 0 aliphatic carbocycles. The van der Waals surface area contributed by atoms with Gasteiger partial charge in [0.15, 0.2) is 0 Å². The fourth-order valence-corrected chi connectivity index (χ4v) is 2.76. The standard InChI is InChI=1S/C14H13Cl2NS/c1-9(17)10-2-7-14(13(16)8-10)18-12-5-3-11(15)4-6-12/h2-9H,17H2,1H3. The second kappa shape index (κ2) is 5.98. The molecule has 2 N–H and O–H groups in total. The van der Waals surface area contributed by atoms with Crippen LogP contribution in [0.4, 0.5) is 0 Å². The van der Waals surface area contributed by atoms with Crippen LogP contribution in [0.1, 0.15) is 18.5 Å². The average Bonchev–Trinajstić information content (AvgIpc) is 2.34. The van der Waals surface area contributed by atoms with Gasteiger partial charge in [-0.3, -0.25) is 0 Å². The first-order chi connectivity index (χ1) is 8.56. The van der Waals surface area contributed by atoms with E-state index in [9.17, 15) is 0 Å². The van der Waals surface area contributed by atoms with Crippen molar-refractivity contribution in [2.24, 2.45) is 5.73 Å². The van der Waals surface area contributed by atoms with Crippen LogP contribution in [0.5, 0.6) is 0 Å². The maximum atomic E-state index is 6.25. The molecule has 0 aliphatic rings. The Bertz CT molecular complexity index is 538. The lowest BCUT2D eigenvalue weighted by Crippen LogP contribution is -2.04. The van der Waals surface area contributed by atoms with Crippen molar-refractivity contribution in [1.29, 1.82) is 0 Å². The fourth-order valence-electron chi connectivity index (χ4n) is 1.51. The summed E-state index contributed by atoms with van der Waals surface area (Å²) in [6.45, 7) is 1.94. The lowest BCUT2D eigenvalue weighted by atomic mass is 10.1. The highest BCUT2D eigenvalue weighted by Crippen LogP contribution is 2.34. The minimum absolute atomic E-state index is 0.00270. The average molecular weight is 298 g/mol. The van der Waals surface area contributed by atoms with Gasteiger partial charge >= 0.3 is 0 Å². The van der Waals surface area contributed by atoms with Gasteiger partial charge in [-0.05, 0) is 48.9 Å². The Labute approximate surface area is 121 Å². The first-order valence-electron chi connectivity index (χ1n) is 5.54. The molecule has 4 heteroatoms. The summed E-state index contributed by atoms with van der Waals surface area (Å²) in [7, 11) is 0. The molecule has 2 aromatic carbocycles. The molecule has 94 valence electrons. The fraction of sp³-hybridized carbons (Fsp3) is 0.143. The smallest absolute Gasteiger partial charge is 0.0548 e. The van der Waals surface area contributed by atoms with Crippen molar-refractivity contribution in [3.63, 3.8) is 0 Å². The van der Waals surface area contributed by atoms with Crippen molar-refractivity contribution < 1.29 is 0 Å². The van der Waals surface area contributed by atoms with Crippen LogP contribution in [0.15, 0.2) is 52.3 Å². The highest BCUT2D eigenvalue weighted by Gasteiger charge is 2.06. The molecule has 0 spiro atoms. The Hall–Kier alpha value is -0.670. The van der Waals surface area contributed by atoms with E-state index in [0.29, 0.717) is 0 Å². The molecule has 0 fully saturated rings. The highest BCUT2D eigenvalue weighted by molar-refractivity contribution is 7.99. The lowest BCUT2D eigenvalue weighted by Gasteiger charge is -2.09. The minimum atomic E-state index is -0.00270. The van der Waals surface area contributed by atoms with E-state index < -0.39 is 0 Å². The number of rotatable bonds is 3. The third kappa shape index (κ3) is 3.42. The molecule has 0 saturated carbocycles. The van der Waals surface area contributed by atoms with Crippen LogP contribution >= 0.6 is 35.0 Å². The molecule has 0 aliphatic heterocycles. The number of hydrogen-bond donors (Lipinski definition) is 1. The summed E-state index contributed by atoms with van der Waals surface area (Å²) in [6, 6.07) is 13.6. The zero-order valence-electron chi connectivity index (χ0n) is 9.86. The topological polar surface area (TPSA) is 26.0 Å². The second-order valence-electron chi connectivity index (χ2n) is 4.03. The normalized spacial score (nSPS) is 12.4. The largest absolute Gasteiger partial charge is 0.324 e.